The summed E-state index contributed by atoms with van der Waals surface area (Å²) in [6.07, 6.45) is 4.97. The number of benzene rings is 1. The Balaban J connectivity index is 2.05. The summed E-state index contributed by atoms with van der Waals surface area (Å²) in [5.41, 5.74) is 7.06. The normalized spacial score (nSPS) is 24.9. The SMILES string of the molecule is NCC1CCCC1Cc1ccc(Cl)c(Cl)c1. The van der Waals surface area contributed by atoms with E-state index < -0.39 is 0 Å². The van der Waals surface area contributed by atoms with Gasteiger partial charge in [0.15, 0.2) is 0 Å². The van der Waals surface area contributed by atoms with Crippen LogP contribution in [0.2, 0.25) is 10.0 Å². The van der Waals surface area contributed by atoms with Crippen LogP contribution in [0.25, 0.3) is 0 Å². The van der Waals surface area contributed by atoms with Gasteiger partial charge >= 0.3 is 0 Å². The molecule has 0 saturated heterocycles. The van der Waals surface area contributed by atoms with Crippen LogP contribution >= 0.6 is 23.2 Å². The first-order valence-corrected chi connectivity index (χ1v) is 6.60. The van der Waals surface area contributed by atoms with Gasteiger partial charge < -0.3 is 5.73 Å². The lowest BCUT2D eigenvalue weighted by Crippen LogP contribution is -2.20. The van der Waals surface area contributed by atoms with E-state index in [2.05, 4.69) is 6.07 Å². The molecule has 1 saturated carbocycles. The number of hydrogen-bond donors (Lipinski definition) is 1. The second-order valence-corrected chi connectivity index (χ2v) is 5.45. The van der Waals surface area contributed by atoms with Crippen LogP contribution in [0.1, 0.15) is 24.8 Å². The Labute approximate surface area is 107 Å². The van der Waals surface area contributed by atoms with Crippen molar-refractivity contribution in [2.45, 2.75) is 25.7 Å². The standard InChI is InChI=1S/C13H17Cl2N/c14-12-5-4-9(7-13(12)15)6-10-2-1-3-11(10)8-16/h4-5,7,10-11H,1-3,6,8,16H2. The van der Waals surface area contributed by atoms with E-state index in [0.717, 1.165) is 18.9 Å². The van der Waals surface area contributed by atoms with Gasteiger partial charge in [-0.25, -0.2) is 0 Å². The molecule has 1 aliphatic carbocycles. The van der Waals surface area contributed by atoms with Crippen molar-refractivity contribution in [3.05, 3.63) is 33.8 Å². The number of hydrogen-bond acceptors (Lipinski definition) is 1. The summed E-state index contributed by atoms with van der Waals surface area (Å²) >= 11 is 11.9. The summed E-state index contributed by atoms with van der Waals surface area (Å²) in [4.78, 5) is 0. The minimum absolute atomic E-state index is 0.632. The van der Waals surface area contributed by atoms with Gasteiger partial charge in [0, 0.05) is 0 Å². The van der Waals surface area contributed by atoms with Crippen molar-refractivity contribution in [2.75, 3.05) is 6.54 Å². The van der Waals surface area contributed by atoms with E-state index in [1.807, 2.05) is 12.1 Å². The van der Waals surface area contributed by atoms with Crippen molar-refractivity contribution < 1.29 is 0 Å². The van der Waals surface area contributed by atoms with E-state index >= 15 is 0 Å². The van der Waals surface area contributed by atoms with Gasteiger partial charge in [-0.3, -0.25) is 0 Å². The van der Waals surface area contributed by atoms with E-state index in [1.54, 1.807) is 0 Å². The third-order valence-electron chi connectivity index (χ3n) is 3.60. The second kappa shape index (κ2) is 5.39. The fraction of sp³-hybridized carbons (Fsp3) is 0.538. The summed E-state index contributed by atoms with van der Waals surface area (Å²) < 4.78 is 0. The minimum atomic E-state index is 0.632. The average Bonchev–Trinajstić information content (AvgIpc) is 2.71. The predicted octanol–water partition coefficient (Wildman–Crippen LogP) is 3.91. The molecule has 0 spiro atoms. The van der Waals surface area contributed by atoms with Gasteiger partial charge in [-0.05, 0) is 55.3 Å². The van der Waals surface area contributed by atoms with Crippen LogP contribution < -0.4 is 5.73 Å². The highest BCUT2D eigenvalue weighted by atomic mass is 35.5. The predicted molar refractivity (Wildman–Crippen MR) is 70.1 cm³/mol. The molecule has 1 aliphatic rings. The fourth-order valence-electron chi connectivity index (χ4n) is 2.66. The van der Waals surface area contributed by atoms with Crippen molar-refractivity contribution in [1.29, 1.82) is 0 Å². The van der Waals surface area contributed by atoms with Gasteiger partial charge in [-0.2, -0.15) is 0 Å². The topological polar surface area (TPSA) is 26.0 Å². The highest BCUT2D eigenvalue weighted by molar-refractivity contribution is 6.42. The van der Waals surface area contributed by atoms with Gasteiger partial charge in [-0.1, -0.05) is 35.7 Å². The Morgan fingerprint density at radius 1 is 1.12 bits per heavy atom. The lowest BCUT2D eigenvalue weighted by atomic mass is 9.90. The minimum Gasteiger partial charge on any atom is -0.330 e. The quantitative estimate of drug-likeness (QED) is 0.873. The highest BCUT2D eigenvalue weighted by Gasteiger charge is 2.25. The molecule has 0 heterocycles. The molecule has 1 nitrogen and oxygen atoms in total. The molecule has 2 rings (SSSR count). The molecule has 0 aliphatic heterocycles. The first-order valence-electron chi connectivity index (χ1n) is 5.84. The first kappa shape index (κ1) is 12.2. The second-order valence-electron chi connectivity index (χ2n) is 4.64. The van der Waals surface area contributed by atoms with E-state index in [-0.39, 0.29) is 0 Å². The third kappa shape index (κ3) is 2.71. The summed E-state index contributed by atoms with van der Waals surface area (Å²) in [7, 11) is 0. The molecular weight excluding hydrogens is 241 g/mol. The zero-order valence-corrected chi connectivity index (χ0v) is 10.8. The Kier molecular flexibility index (Phi) is 4.12. The van der Waals surface area contributed by atoms with Crippen LogP contribution in [-0.2, 0) is 6.42 Å². The molecular formula is C13H17Cl2N. The third-order valence-corrected chi connectivity index (χ3v) is 4.34. The summed E-state index contributed by atoms with van der Waals surface area (Å²) in [5.74, 6) is 1.41. The highest BCUT2D eigenvalue weighted by Crippen LogP contribution is 2.34. The van der Waals surface area contributed by atoms with Crippen molar-refractivity contribution >= 4 is 23.2 Å². The maximum absolute atomic E-state index is 6.01. The summed E-state index contributed by atoms with van der Waals surface area (Å²) in [6.45, 7) is 0.811. The van der Waals surface area contributed by atoms with Gasteiger partial charge in [0.25, 0.3) is 0 Å². The number of nitrogens with two attached hydrogens (primary N) is 1. The van der Waals surface area contributed by atoms with E-state index in [1.165, 1.54) is 24.8 Å². The van der Waals surface area contributed by atoms with Crippen LogP contribution in [0.3, 0.4) is 0 Å². The zero-order valence-electron chi connectivity index (χ0n) is 9.26. The molecule has 16 heavy (non-hydrogen) atoms. The van der Waals surface area contributed by atoms with Gasteiger partial charge in [0.2, 0.25) is 0 Å². The van der Waals surface area contributed by atoms with Gasteiger partial charge in [0.1, 0.15) is 0 Å². The molecule has 88 valence electrons. The molecule has 0 aromatic heterocycles. The van der Waals surface area contributed by atoms with E-state index in [4.69, 9.17) is 28.9 Å². The summed E-state index contributed by atoms with van der Waals surface area (Å²) in [5, 5.41) is 1.29. The molecule has 0 radical (unpaired) electrons. The average molecular weight is 258 g/mol. The largest absolute Gasteiger partial charge is 0.330 e. The van der Waals surface area contributed by atoms with Crippen LogP contribution in [0.4, 0.5) is 0 Å². The monoisotopic (exact) mass is 257 g/mol. The van der Waals surface area contributed by atoms with Crippen LogP contribution in [-0.4, -0.2) is 6.54 Å². The zero-order chi connectivity index (χ0) is 11.5. The maximum atomic E-state index is 6.01. The van der Waals surface area contributed by atoms with E-state index in [9.17, 15) is 0 Å². The molecule has 2 atom stereocenters. The Hall–Kier alpha value is -0.240. The van der Waals surface area contributed by atoms with Gasteiger partial charge in [0.05, 0.1) is 10.0 Å². The van der Waals surface area contributed by atoms with Crippen LogP contribution in [0.5, 0.6) is 0 Å². The molecule has 3 heteroatoms. The number of halogens is 2. The lowest BCUT2D eigenvalue weighted by Gasteiger charge is -2.17. The van der Waals surface area contributed by atoms with Gasteiger partial charge in [-0.15, -0.1) is 0 Å². The Bertz CT molecular complexity index is 365. The molecule has 1 fully saturated rings. The van der Waals surface area contributed by atoms with Crippen LogP contribution in [0.15, 0.2) is 18.2 Å². The first-order chi connectivity index (χ1) is 7.70. The Morgan fingerprint density at radius 2 is 1.88 bits per heavy atom. The maximum Gasteiger partial charge on any atom is 0.0595 e. The van der Waals surface area contributed by atoms with E-state index in [0.29, 0.717) is 16.0 Å². The van der Waals surface area contributed by atoms with Crippen molar-refractivity contribution in [3.63, 3.8) is 0 Å². The molecule has 1 aromatic rings. The molecule has 2 N–H and O–H groups in total. The van der Waals surface area contributed by atoms with Crippen LogP contribution in [0, 0.1) is 11.8 Å². The molecule has 0 bridgehead atoms. The molecule has 2 unspecified atom stereocenters. The Morgan fingerprint density at radius 3 is 2.56 bits per heavy atom. The fourth-order valence-corrected chi connectivity index (χ4v) is 2.98. The smallest absolute Gasteiger partial charge is 0.0595 e. The van der Waals surface area contributed by atoms with Crippen molar-refractivity contribution in [3.8, 4) is 0 Å². The lowest BCUT2D eigenvalue weighted by molar-refractivity contribution is 0.394. The molecule has 1 aromatic carbocycles. The summed E-state index contributed by atoms with van der Waals surface area (Å²) in [6, 6.07) is 5.93. The number of rotatable bonds is 3. The van der Waals surface area contributed by atoms with Crippen molar-refractivity contribution in [2.24, 2.45) is 17.6 Å². The molecule has 0 amide bonds. The van der Waals surface area contributed by atoms with Crippen molar-refractivity contribution in [1.82, 2.24) is 0 Å².